The summed E-state index contributed by atoms with van der Waals surface area (Å²) < 4.78 is 11.0. The summed E-state index contributed by atoms with van der Waals surface area (Å²) >= 11 is 0. The van der Waals surface area contributed by atoms with Crippen molar-refractivity contribution in [2.45, 2.75) is 12.5 Å². The van der Waals surface area contributed by atoms with Crippen LogP contribution in [0.25, 0.3) is 0 Å². The Morgan fingerprint density at radius 3 is 3.05 bits per heavy atom. The van der Waals surface area contributed by atoms with Gasteiger partial charge < -0.3 is 19.7 Å². The first-order chi connectivity index (χ1) is 9.97. The third-order valence-corrected chi connectivity index (χ3v) is 3.30. The molecule has 0 radical (unpaired) electrons. The van der Waals surface area contributed by atoms with Crippen molar-refractivity contribution in [3.63, 3.8) is 0 Å². The smallest absolute Gasteiger partial charge is 0.317 e. The first-order valence-corrected chi connectivity index (χ1v) is 6.91. The monoisotopic (exact) mass is 295 g/mol. The third-order valence-electron chi connectivity index (χ3n) is 3.30. The molecule has 1 heterocycles. The molecule has 1 fully saturated rings. The van der Waals surface area contributed by atoms with Crippen molar-refractivity contribution < 1.29 is 24.5 Å². The first kappa shape index (κ1) is 15.8. The molecule has 1 aromatic rings. The Hall–Kier alpha value is -1.63. The Kier molecular flexibility index (Phi) is 5.17. The van der Waals surface area contributed by atoms with Gasteiger partial charge in [0.15, 0.2) is 0 Å². The van der Waals surface area contributed by atoms with Gasteiger partial charge in [-0.05, 0) is 24.6 Å². The number of carbonyl (C=O) groups is 1. The Balaban J connectivity index is 1.96. The zero-order valence-corrected chi connectivity index (χ0v) is 12.1. The van der Waals surface area contributed by atoms with Gasteiger partial charge in [-0.2, -0.15) is 0 Å². The Morgan fingerprint density at radius 1 is 1.52 bits per heavy atom. The van der Waals surface area contributed by atoms with Gasteiger partial charge in [0.2, 0.25) is 0 Å². The van der Waals surface area contributed by atoms with E-state index < -0.39 is 11.6 Å². The predicted octanol–water partition coefficient (Wildman–Crippen LogP) is 0.522. The number of ether oxygens (including phenoxy) is 2. The summed E-state index contributed by atoms with van der Waals surface area (Å²) in [6, 6.07) is 7.55. The average Bonchev–Trinajstić information content (AvgIpc) is 2.58. The number of aryl methyl sites for hydroxylation is 1. The molecule has 0 bridgehead atoms. The minimum Gasteiger partial charge on any atom is -0.490 e. The van der Waals surface area contributed by atoms with E-state index in [-0.39, 0.29) is 26.3 Å². The minimum atomic E-state index is -1.21. The van der Waals surface area contributed by atoms with Crippen molar-refractivity contribution in [1.82, 2.24) is 4.90 Å². The van der Waals surface area contributed by atoms with E-state index in [0.29, 0.717) is 18.9 Å². The lowest BCUT2D eigenvalue weighted by Gasteiger charge is -2.29. The molecule has 0 unspecified atom stereocenters. The van der Waals surface area contributed by atoms with Crippen LogP contribution in [-0.4, -0.2) is 66.1 Å². The number of hydrogen-bond acceptors (Lipinski definition) is 5. The van der Waals surface area contributed by atoms with Crippen molar-refractivity contribution in [2.24, 2.45) is 0 Å². The number of carboxylic acid groups (broad SMARTS) is 1. The number of aliphatic hydroxyl groups is 1. The number of hydrogen-bond donors (Lipinski definition) is 2. The van der Waals surface area contributed by atoms with Gasteiger partial charge in [-0.3, -0.25) is 9.69 Å². The van der Waals surface area contributed by atoms with Crippen molar-refractivity contribution in [2.75, 3.05) is 39.5 Å². The van der Waals surface area contributed by atoms with Crippen LogP contribution in [0.2, 0.25) is 0 Å². The van der Waals surface area contributed by atoms with E-state index in [2.05, 4.69) is 0 Å². The van der Waals surface area contributed by atoms with Gasteiger partial charge >= 0.3 is 5.97 Å². The summed E-state index contributed by atoms with van der Waals surface area (Å²) in [6.45, 7) is 3.15. The molecule has 2 rings (SSSR count). The largest absolute Gasteiger partial charge is 0.490 e. The second-order valence-electron chi connectivity index (χ2n) is 5.49. The van der Waals surface area contributed by atoms with Crippen LogP contribution in [0.1, 0.15) is 5.56 Å². The summed E-state index contributed by atoms with van der Waals surface area (Å²) in [4.78, 5) is 12.5. The molecule has 116 valence electrons. The fourth-order valence-electron chi connectivity index (χ4n) is 2.33. The zero-order valence-electron chi connectivity index (χ0n) is 12.1. The zero-order chi connectivity index (χ0) is 15.3. The van der Waals surface area contributed by atoms with E-state index in [1.54, 1.807) is 4.90 Å². The van der Waals surface area contributed by atoms with Crippen molar-refractivity contribution >= 4 is 5.97 Å². The molecule has 0 aliphatic carbocycles. The van der Waals surface area contributed by atoms with E-state index in [9.17, 15) is 9.90 Å². The fourth-order valence-corrected chi connectivity index (χ4v) is 2.33. The van der Waals surface area contributed by atoms with E-state index in [4.69, 9.17) is 14.6 Å². The lowest BCUT2D eigenvalue weighted by molar-refractivity contribution is -0.139. The molecular formula is C15H21NO5. The maximum absolute atomic E-state index is 10.8. The van der Waals surface area contributed by atoms with E-state index in [1.807, 2.05) is 31.2 Å². The summed E-state index contributed by atoms with van der Waals surface area (Å²) in [7, 11) is 0. The van der Waals surface area contributed by atoms with E-state index in [0.717, 1.165) is 5.56 Å². The van der Waals surface area contributed by atoms with Gasteiger partial charge in [-0.25, -0.2) is 0 Å². The SMILES string of the molecule is Cc1cccc(OC[C@]2(O)COCCN(CC(=O)O)C2)c1. The highest BCUT2D eigenvalue weighted by Gasteiger charge is 2.34. The van der Waals surface area contributed by atoms with Crippen LogP contribution in [-0.2, 0) is 9.53 Å². The van der Waals surface area contributed by atoms with Crippen molar-refractivity contribution in [3.05, 3.63) is 29.8 Å². The van der Waals surface area contributed by atoms with Crippen molar-refractivity contribution in [3.8, 4) is 5.75 Å². The second-order valence-corrected chi connectivity index (χ2v) is 5.49. The maximum Gasteiger partial charge on any atom is 0.317 e. The summed E-state index contributed by atoms with van der Waals surface area (Å²) in [5.74, 6) is -0.240. The summed E-state index contributed by atoms with van der Waals surface area (Å²) in [5, 5.41) is 19.5. The van der Waals surface area contributed by atoms with E-state index in [1.165, 1.54) is 0 Å². The topological polar surface area (TPSA) is 79.2 Å². The molecule has 0 saturated carbocycles. The van der Waals surface area contributed by atoms with Crippen LogP contribution in [0.15, 0.2) is 24.3 Å². The Labute approximate surface area is 123 Å². The van der Waals surface area contributed by atoms with Gasteiger partial charge in [0, 0.05) is 13.1 Å². The molecule has 6 nitrogen and oxygen atoms in total. The van der Waals surface area contributed by atoms with Gasteiger partial charge in [0.05, 0.1) is 19.8 Å². The third kappa shape index (κ3) is 5.00. The van der Waals surface area contributed by atoms with Gasteiger partial charge in [0.25, 0.3) is 0 Å². The van der Waals surface area contributed by atoms with Crippen LogP contribution < -0.4 is 4.74 Å². The molecule has 0 aromatic heterocycles. The molecule has 6 heteroatoms. The number of aliphatic carboxylic acids is 1. The molecule has 1 aliphatic rings. The average molecular weight is 295 g/mol. The van der Waals surface area contributed by atoms with Crippen LogP contribution in [0, 0.1) is 6.92 Å². The molecule has 2 N–H and O–H groups in total. The quantitative estimate of drug-likeness (QED) is 0.824. The highest BCUT2D eigenvalue weighted by atomic mass is 16.5. The minimum absolute atomic E-state index is 0.0621. The Morgan fingerprint density at radius 2 is 2.33 bits per heavy atom. The highest BCUT2D eigenvalue weighted by Crippen LogP contribution is 2.17. The molecular weight excluding hydrogens is 274 g/mol. The van der Waals surface area contributed by atoms with Crippen LogP contribution >= 0.6 is 0 Å². The number of nitrogens with zero attached hydrogens (tertiary/aromatic N) is 1. The molecule has 0 spiro atoms. The lowest BCUT2D eigenvalue weighted by Crippen LogP contribution is -2.49. The molecule has 1 aliphatic heterocycles. The molecule has 0 amide bonds. The first-order valence-electron chi connectivity index (χ1n) is 6.91. The molecule has 1 aromatic carbocycles. The summed E-state index contributed by atoms with van der Waals surface area (Å²) in [5.41, 5.74) is -0.139. The normalized spacial score (nSPS) is 23.5. The van der Waals surface area contributed by atoms with Crippen LogP contribution in [0.5, 0.6) is 5.75 Å². The van der Waals surface area contributed by atoms with E-state index >= 15 is 0 Å². The Bertz CT molecular complexity index is 493. The fraction of sp³-hybridized carbons (Fsp3) is 0.533. The van der Waals surface area contributed by atoms with Gasteiger partial charge in [-0.1, -0.05) is 12.1 Å². The molecule has 1 atom stereocenters. The molecule has 21 heavy (non-hydrogen) atoms. The predicted molar refractivity (Wildman–Crippen MR) is 76.5 cm³/mol. The number of benzene rings is 1. The number of carboxylic acids is 1. The van der Waals surface area contributed by atoms with Crippen LogP contribution in [0.4, 0.5) is 0 Å². The molecule has 1 saturated heterocycles. The van der Waals surface area contributed by atoms with Crippen LogP contribution in [0.3, 0.4) is 0 Å². The number of rotatable bonds is 5. The van der Waals surface area contributed by atoms with Crippen molar-refractivity contribution in [1.29, 1.82) is 0 Å². The van der Waals surface area contributed by atoms with Gasteiger partial charge in [-0.15, -0.1) is 0 Å². The number of β-amino-alcohol motifs (C(OH)–C–C–N with tert-alkyl or cyclic N) is 1. The summed E-state index contributed by atoms with van der Waals surface area (Å²) in [6.07, 6.45) is 0. The highest BCUT2D eigenvalue weighted by molar-refractivity contribution is 5.69. The lowest BCUT2D eigenvalue weighted by atomic mass is 10.1. The maximum atomic E-state index is 10.8. The standard InChI is InChI=1S/C15H21NO5/c1-12-3-2-4-13(7-12)21-11-15(19)9-16(8-14(17)18)5-6-20-10-15/h2-4,7,19H,5-6,8-11H2,1H3,(H,17,18)/t15-/m1/s1. The second kappa shape index (κ2) is 6.89. The van der Waals surface area contributed by atoms with Gasteiger partial charge in [0.1, 0.15) is 18.0 Å².